The number of carbonyl (C=O) groups is 2. The summed E-state index contributed by atoms with van der Waals surface area (Å²) in [6.07, 6.45) is 0.00610. The molecule has 2 unspecified atom stereocenters. The predicted molar refractivity (Wildman–Crippen MR) is 109 cm³/mol. The van der Waals surface area contributed by atoms with Crippen molar-refractivity contribution < 1.29 is 14.3 Å². The van der Waals surface area contributed by atoms with Gasteiger partial charge in [-0.15, -0.1) is 0 Å². The van der Waals surface area contributed by atoms with E-state index in [-0.39, 0.29) is 30.6 Å². The van der Waals surface area contributed by atoms with E-state index in [2.05, 4.69) is 10.2 Å². The molecule has 1 saturated heterocycles. The number of anilines is 1. The maximum absolute atomic E-state index is 12.6. The highest BCUT2D eigenvalue weighted by molar-refractivity contribution is 5.97. The van der Waals surface area contributed by atoms with Crippen LogP contribution in [-0.4, -0.2) is 61.4 Å². The molecule has 1 aliphatic heterocycles. The monoisotopic (exact) mass is 381 g/mol. The van der Waals surface area contributed by atoms with E-state index in [9.17, 15) is 9.59 Å². The zero-order valence-electron chi connectivity index (χ0n) is 16.6. The van der Waals surface area contributed by atoms with Crippen molar-refractivity contribution in [1.29, 1.82) is 0 Å². The van der Waals surface area contributed by atoms with E-state index >= 15 is 0 Å². The van der Waals surface area contributed by atoms with Crippen LogP contribution in [0.15, 0.2) is 54.6 Å². The van der Waals surface area contributed by atoms with Gasteiger partial charge in [-0.3, -0.25) is 14.5 Å². The molecule has 2 aromatic rings. The molecule has 148 valence electrons. The Kier molecular flexibility index (Phi) is 6.44. The van der Waals surface area contributed by atoms with E-state index in [1.807, 2.05) is 37.3 Å². The molecule has 1 aliphatic rings. The average molecular weight is 381 g/mol. The number of hydrogen-bond acceptors (Lipinski definition) is 4. The van der Waals surface area contributed by atoms with E-state index in [0.717, 1.165) is 5.56 Å². The van der Waals surface area contributed by atoms with Crippen LogP contribution in [0.1, 0.15) is 28.9 Å². The summed E-state index contributed by atoms with van der Waals surface area (Å²) in [5.74, 6) is -0.195. The number of morpholine rings is 1. The summed E-state index contributed by atoms with van der Waals surface area (Å²) in [5.41, 5.74) is 2.29. The van der Waals surface area contributed by atoms with Gasteiger partial charge in [0.1, 0.15) is 0 Å². The molecular weight excluding hydrogens is 354 g/mol. The van der Waals surface area contributed by atoms with E-state index in [0.29, 0.717) is 24.3 Å². The second-order valence-corrected chi connectivity index (χ2v) is 7.37. The molecule has 2 aromatic carbocycles. The van der Waals surface area contributed by atoms with Crippen LogP contribution in [0.4, 0.5) is 5.69 Å². The Bertz CT molecular complexity index is 823. The normalized spacial score (nSPS) is 19.8. The van der Waals surface area contributed by atoms with Crippen LogP contribution in [0.5, 0.6) is 0 Å². The van der Waals surface area contributed by atoms with Crippen molar-refractivity contribution in [2.24, 2.45) is 0 Å². The van der Waals surface area contributed by atoms with Gasteiger partial charge in [-0.25, -0.2) is 0 Å². The second kappa shape index (κ2) is 8.99. The Hall–Kier alpha value is -2.70. The SMILES string of the molecule is CC1CN(CC(=O)Nc2cccc(C(=O)N(C)C)c2)CC(c2ccccc2)O1. The van der Waals surface area contributed by atoms with E-state index in [1.54, 1.807) is 38.4 Å². The lowest BCUT2D eigenvalue weighted by molar-refractivity contribution is -0.122. The van der Waals surface area contributed by atoms with Crippen LogP contribution in [0.25, 0.3) is 0 Å². The molecule has 0 aromatic heterocycles. The first kappa shape index (κ1) is 20.0. The van der Waals surface area contributed by atoms with Crippen molar-refractivity contribution in [1.82, 2.24) is 9.80 Å². The maximum atomic E-state index is 12.6. The van der Waals surface area contributed by atoms with Crippen LogP contribution < -0.4 is 5.32 Å². The van der Waals surface area contributed by atoms with Gasteiger partial charge in [0, 0.05) is 38.4 Å². The Morgan fingerprint density at radius 1 is 1.11 bits per heavy atom. The van der Waals surface area contributed by atoms with Gasteiger partial charge >= 0.3 is 0 Å². The Morgan fingerprint density at radius 3 is 2.57 bits per heavy atom. The highest BCUT2D eigenvalue weighted by atomic mass is 16.5. The zero-order valence-corrected chi connectivity index (χ0v) is 16.6. The lowest BCUT2D eigenvalue weighted by Crippen LogP contribution is -2.46. The highest BCUT2D eigenvalue weighted by Gasteiger charge is 2.27. The maximum Gasteiger partial charge on any atom is 0.253 e. The summed E-state index contributed by atoms with van der Waals surface area (Å²) in [4.78, 5) is 28.3. The molecule has 1 fully saturated rings. The van der Waals surface area contributed by atoms with Gasteiger partial charge in [0.2, 0.25) is 5.91 Å². The summed E-state index contributed by atoms with van der Waals surface area (Å²) in [7, 11) is 3.41. The van der Waals surface area contributed by atoms with Crippen molar-refractivity contribution in [2.75, 3.05) is 39.0 Å². The average Bonchev–Trinajstić information content (AvgIpc) is 2.67. The van der Waals surface area contributed by atoms with Crippen molar-refractivity contribution in [2.45, 2.75) is 19.1 Å². The molecule has 2 amide bonds. The molecule has 1 heterocycles. The quantitative estimate of drug-likeness (QED) is 0.865. The van der Waals surface area contributed by atoms with Gasteiger partial charge in [0.05, 0.1) is 18.8 Å². The largest absolute Gasteiger partial charge is 0.368 e. The molecule has 6 nitrogen and oxygen atoms in total. The summed E-state index contributed by atoms with van der Waals surface area (Å²) in [6, 6.07) is 17.1. The fraction of sp³-hybridized carbons (Fsp3) is 0.364. The third-order valence-electron chi connectivity index (χ3n) is 4.67. The standard InChI is InChI=1S/C22H27N3O3/c1-16-13-25(14-20(28-16)17-8-5-4-6-9-17)15-21(26)23-19-11-7-10-18(12-19)22(27)24(2)3/h4-12,16,20H,13-15H2,1-3H3,(H,23,26). The Balaban J connectivity index is 1.61. The fourth-order valence-electron chi connectivity index (χ4n) is 3.41. The van der Waals surface area contributed by atoms with Crippen LogP contribution in [0, 0.1) is 0 Å². The van der Waals surface area contributed by atoms with Gasteiger partial charge in [0.25, 0.3) is 5.91 Å². The van der Waals surface area contributed by atoms with Gasteiger partial charge in [-0.1, -0.05) is 36.4 Å². The molecule has 0 aliphatic carbocycles. The van der Waals surface area contributed by atoms with Crippen LogP contribution in [0.3, 0.4) is 0 Å². The first-order valence-electron chi connectivity index (χ1n) is 9.46. The number of hydrogen-bond donors (Lipinski definition) is 1. The number of ether oxygens (including phenoxy) is 1. The first-order chi connectivity index (χ1) is 13.4. The number of rotatable bonds is 5. The fourth-order valence-corrected chi connectivity index (χ4v) is 3.41. The highest BCUT2D eigenvalue weighted by Crippen LogP contribution is 2.25. The van der Waals surface area contributed by atoms with Crippen LogP contribution in [-0.2, 0) is 9.53 Å². The lowest BCUT2D eigenvalue weighted by Gasteiger charge is -2.36. The van der Waals surface area contributed by atoms with E-state index < -0.39 is 0 Å². The molecule has 3 rings (SSSR count). The Labute approximate surface area is 166 Å². The summed E-state index contributed by atoms with van der Waals surface area (Å²) in [6.45, 7) is 3.68. The van der Waals surface area contributed by atoms with Gasteiger partial charge in [-0.2, -0.15) is 0 Å². The number of nitrogens with one attached hydrogen (secondary N) is 1. The van der Waals surface area contributed by atoms with Crippen molar-refractivity contribution in [3.05, 3.63) is 65.7 Å². The van der Waals surface area contributed by atoms with Gasteiger partial charge in [-0.05, 0) is 30.7 Å². The predicted octanol–water partition coefficient (Wildman–Crippen LogP) is 2.79. The van der Waals surface area contributed by atoms with Gasteiger partial charge in [0.15, 0.2) is 0 Å². The minimum absolute atomic E-state index is 0.0428. The Morgan fingerprint density at radius 2 is 1.86 bits per heavy atom. The third-order valence-corrected chi connectivity index (χ3v) is 4.67. The van der Waals surface area contributed by atoms with E-state index in [1.165, 1.54) is 4.90 Å². The molecule has 0 saturated carbocycles. The molecular formula is C22H27N3O3. The van der Waals surface area contributed by atoms with Crippen LogP contribution >= 0.6 is 0 Å². The van der Waals surface area contributed by atoms with Crippen molar-refractivity contribution >= 4 is 17.5 Å². The number of carbonyl (C=O) groups excluding carboxylic acids is 2. The number of nitrogens with zero attached hydrogens (tertiary/aromatic N) is 2. The topological polar surface area (TPSA) is 61.9 Å². The van der Waals surface area contributed by atoms with Crippen molar-refractivity contribution in [3.63, 3.8) is 0 Å². The summed E-state index contributed by atoms with van der Waals surface area (Å²) >= 11 is 0. The van der Waals surface area contributed by atoms with E-state index in [4.69, 9.17) is 4.74 Å². The number of amides is 2. The first-order valence-corrected chi connectivity index (χ1v) is 9.46. The molecule has 0 spiro atoms. The molecule has 0 radical (unpaired) electrons. The smallest absolute Gasteiger partial charge is 0.253 e. The molecule has 1 N–H and O–H groups in total. The third kappa shape index (κ3) is 5.18. The minimum Gasteiger partial charge on any atom is -0.368 e. The minimum atomic E-state index is -0.102. The summed E-state index contributed by atoms with van der Waals surface area (Å²) < 4.78 is 6.05. The zero-order chi connectivity index (χ0) is 20.1. The van der Waals surface area contributed by atoms with Crippen LogP contribution in [0.2, 0.25) is 0 Å². The molecule has 6 heteroatoms. The van der Waals surface area contributed by atoms with Gasteiger partial charge < -0.3 is 15.0 Å². The second-order valence-electron chi connectivity index (χ2n) is 7.37. The molecule has 2 atom stereocenters. The summed E-state index contributed by atoms with van der Waals surface area (Å²) in [5, 5.41) is 2.90. The number of benzene rings is 2. The van der Waals surface area contributed by atoms with Crippen molar-refractivity contribution in [3.8, 4) is 0 Å². The molecule has 0 bridgehead atoms. The molecule has 28 heavy (non-hydrogen) atoms. The lowest BCUT2D eigenvalue weighted by atomic mass is 10.1.